The molecule has 0 fully saturated rings. The van der Waals surface area contributed by atoms with Crippen molar-refractivity contribution in [3.05, 3.63) is 200 Å². The smallest absolute Gasteiger partial charge is 0.0548 e. The van der Waals surface area contributed by atoms with Gasteiger partial charge in [0, 0.05) is 50.2 Å². The molecule has 0 aliphatic rings. The average Bonchev–Trinajstić information content (AvgIpc) is 3.92. The van der Waals surface area contributed by atoms with Gasteiger partial charge in [-0.25, -0.2) is 0 Å². The van der Waals surface area contributed by atoms with Crippen molar-refractivity contribution in [2.24, 2.45) is 0 Å². The Balaban J connectivity index is 1.20. The number of fused-ring (bicyclic) bond motifs is 8. The third-order valence-electron chi connectivity index (χ3n) is 10.8. The summed E-state index contributed by atoms with van der Waals surface area (Å²) >= 11 is 0. The first-order valence-electron chi connectivity index (χ1n) is 18.2. The fourth-order valence-electron chi connectivity index (χ4n) is 8.49. The Kier molecular flexibility index (Phi) is 6.55. The molecule has 0 N–H and O–H groups in total. The molecule has 53 heavy (non-hydrogen) atoms. The molecule has 3 heterocycles. The van der Waals surface area contributed by atoms with Gasteiger partial charge in [0.15, 0.2) is 0 Å². The normalized spacial score (nSPS) is 11.8. The zero-order valence-corrected chi connectivity index (χ0v) is 28.9. The van der Waals surface area contributed by atoms with Crippen LogP contribution in [0.25, 0.3) is 93.8 Å². The summed E-state index contributed by atoms with van der Waals surface area (Å²) in [6, 6.07) is 70.5. The highest BCUT2D eigenvalue weighted by molar-refractivity contribution is 6.21. The van der Waals surface area contributed by atoms with Crippen molar-refractivity contribution in [2.45, 2.75) is 0 Å². The molecule has 0 unspecified atom stereocenters. The second-order valence-electron chi connectivity index (χ2n) is 13.8. The lowest BCUT2D eigenvalue weighted by Gasteiger charge is -2.16. The van der Waals surface area contributed by atoms with Gasteiger partial charge < -0.3 is 13.7 Å². The van der Waals surface area contributed by atoms with E-state index in [9.17, 15) is 0 Å². The van der Waals surface area contributed by atoms with Crippen LogP contribution in [0.15, 0.2) is 200 Å². The second kappa shape index (κ2) is 11.7. The molecule has 3 aromatic heterocycles. The summed E-state index contributed by atoms with van der Waals surface area (Å²) in [5.41, 5.74) is 14.2. The Morgan fingerprint density at radius 2 is 0.774 bits per heavy atom. The Morgan fingerprint density at radius 1 is 0.264 bits per heavy atom. The van der Waals surface area contributed by atoms with E-state index in [2.05, 4.69) is 214 Å². The molecule has 11 aromatic rings. The van der Waals surface area contributed by atoms with Gasteiger partial charge in [-0.15, -0.1) is 0 Å². The Morgan fingerprint density at radius 3 is 1.49 bits per heavy atom. The third kappa shape index (κ3) is 4.61. The van der Waals surface area contributed by atoms with Crippen molar-refractivity contribution in [3.8, 4) is 39.3 Å². The molecule has 0 amide bonds. The van der Waals surface area contributed by atoms with Crippen LogP contribution in [0, 0.1) is 0 Å². The molecule has 0 aliphatic carbocycles. The van der Waals surface area contributed by atoms with Gasteiger partial charge in [0.05, 0.1) is 27.6 Å². The molecule has 3 nitrogen and oxygen atoms in total. The van der Waals surface area contributed by atoms with Crippen molar-refractivity contribution >= 4 is 54.5 Å². The minimum Gasteiger partial charge on any atom is -0.317 e. The summed E-state index contributed by atoms with van der Waals surface area (Å²) in [6.45, 7) is 0. The first kappa shape index (κ1) is 29.6. The monoisotopic (exact) mass is 675 g/mol. The lowest BCUT2D eigenvalue weighted by molar-refractivity contribution is 1.13. The first-order valence-corrected chi connectivity index (χ1v) is 18.2. The molecule has 0 aliphatic heterocycles. The summed E-state index contributed by atoms with van der Waals surface area (Å²) in [4.78, 5) is 0. The number of hydrogen-bond acceptors (Lipinski definition) is 0. The van der Waals surface area contributed by atoms with Crippen LogP contribution in [0.3, 0.4) is 0 Å². The lowest BCUT2D eigenvalue weighted by atomic mass is 10.0. The molecule has 248 valence electrons. The molecule has 3 heteroatoms. The predicted octanol–water partition coefficient (Wildman–Crippen LogP) is 13.2. The molecule has 0 saturated carbocycles. The van der Waals surface area contributed by atoms with E-state index in [0.717, 1.165) is 17.1 Å². The number of rotatable bonds is 5. The summed E-state index contributed by atoms with van der Waals surface area (Å²) in [7, 11) is 0. The standard InChI is InChI=1S/C50H33N3/c1-4-14-34(15-5-1)36-24-25-48-44(32-36)41-20-10-12-22-46(41)52(48)39-30-37(35-16-6-2-7-17-35)31-40(33-39)53-47-23-13-11-21-42(47)50-43-28-29-51(38-18-8-3-9-19-38)45(43)26-27-49(50)53/h1-33H. The third-order valence-corrected chi connectivity index (χ3v) is 10.8. The Labute approximate surface area is 306 Å². The highest BCUT2D eigenvalue weighted by atomic mass is 15.0. The second-order valence-corrected chi connectivity index (χ2v) is 13.8. The summed E-state index contributed by atoms with van der Waals surface area (Å²) < 4.78 is 7.20. The summed E-state index contributed by atoms with van der Waals surface area (Å²) in [5.74, 6) is 0. The molecule has 0 atom stereocenters. The van der Waals surface area contributed by atoms with Gasteiger partial charge in [0.1, 0.15) is 0 Å². The van der Waals surface area contributed by atoms with Crippen LogP contribution in [0.2, 0.25) is 0 Å². The van der Waals surface area contributed by atoms with E-state index in [1.54, 1.807) is 0 Å². The fraction of sp³-hybridized carbons (Fsp3) is 0. The van der Waals surface area contributed by atoms with Gasteiger partial charge in [0.2, 0.25) is 0 Å². The van der Waals surface area contributed by atoms with E-state index >= 15 is 0 Å². The SMILES string of the molecule is c1ccc(-c2cc(-n3c4ccccc4c4cc(-c5ccccc5)ccc43)cc(-n3c4ccccc4c4c5ccn(-c6ccccc6)c5ccc43)c2)cc1. The van der Waals surface area contributed by atoms with Crippen LogP contribution in [-0.2, 0) is 0 Å². The zero-order valence-electron chi connectivity index (χ0n) is 28.9. The molecule has 0 bridgehead atoms. The van der Waals surface area contributed by atoms with Crippen LogP contribution in [-0.4, -0.2) is 13.7 Å². The van der Waals surface area contributed by atoms with Gasteiger partial charge in [-0.2, -0.15) is 0 Å². The van der Waals surface area contributed by atoms with Gasteiger partial charge in [0.25, 0.3) is 0 Å². The topological polar surface area (TPSA) is 14.8 Å². The van der Waals surface area contributed by atoms with Gasteiger partial charge >= 0.3 is 0 Å². The molecule has 0 saturated heterocycles. The molecule has 0 spiro atoms. The van der Waals surface area contributed by atoms with E-state index in [-0.39, 0.29) is 0 Å². The number of aromatic nitrogens is 3. The lowest BCUT2D eigenvalue weighted by Crippen LogP contribution is -2.00. The van der Waals surface area contributed by atoms with Crippen LogP contribution >= 0.6 is 0 Å². The highest BCUT2D eigenvalue weighted by Crippen LogP contribution is 2.41. The maximum atomic E-state index is 2.46. The highest BCUT2D eigenvalue weighted by Gasteiger charge is 2.20. The van der Waals surface area contributed by atoms with Crippen molar-refractivity contribution < 1.29 is 0 Å². The maximum Gasteiger partial charge on any atom is 0.0548 e. The van der Waals surface area contributed by atoms with Crippen molar-refractivity contribution in [2.75, 3.05) is 0 Å². The largest absolute Gasteiger partial charge is 0.317 e. The maximum absolute atomic E-state index is 2.46. The quantitative estimate of drug-likeness (QED) is 0.172. The minimum atomic E-state index is 1.13. The van der Waals surface area contributed by atoms with Gasteiger partial charge in [-0.3, -0.25) is 0 Å². The van der Waals surface area contributed by atoms with E-state index < -0.39 is 0 Å². The Hall–Kier alpha value is -7.10. The molecular formula is C50H33N3. The summed E-state index contributed by atoms with van der Waals surface area (Å²) in [6.07, 6.45) is 2.20. The summed E-state index contributed by atoms with van der Waals surface area (Å²) in [5, 5.41) is 6.25. The minimum absolute atomic E-state index is 1.13. The van der Waals surface area contributed by atoms with Crippen LogP contribution in [0.4, 0.5) is 0 Å². The zero-order chi connectivity index (χ0) is 34.9. The number of hydrogen-bond donors (Lipinski definition) is 0. The van der Waals surface area contributed by atoms with Crippen molar-refractivity contribution in [1.29, 1.82) is 0 Å². The fourth-order valence-corrected chi connectivity index (χ4v) is 8.49. The van der Waals surface area contributed by atoms with Crippen LogP contribution in [0.1, 0.15) is 0 Å². The number of benzene rings is 8. The van der Waals surface area contributed by atoms with Crippen molar-refractivity contribution in [3.63, 3.8) is 0 Å². The molecule has 0 radical (unpaired) electrons. The molecule has 8 aromatic carbocycles. The van der Waals surface area contributed by atoms with Gasteiger partial charge in [-0.05, 0) is 95.1 Å². The van der Waals surface area contributed by atoms with Crippen molar-refractivity contribution in [1.82, 2.24) is 13.7 Å². The van der Waals surface area contributed by atoms with E-state index in [0.29, 0.717) is 0 Å². The first-order chi connectivity index (χ1) is 26.3. The molecule has 11 rings (SSSR count). The van der Waals surface area contributed by atoms with E-state index in [1.165, 1.54) is 76.8 Å². The average molecular weight is 676 g/mol. The van der Waals surface area contributed by atoms with Gasteiger partial charge in [-0.1, -0.05) is 121 Å². The Bertz CT molecular complexity index is 3150. The number of nitrogens with zero attached hydrogens (tertiary/aromatic N) is 3. The van der Waals surface area contributed by atoms with E-state index in [1.807, 2.05) is 0 Å². The number of para-hydroxylation sites is 3. The van der Waals surface area contributed by atoms with Crippen LogP contribution < -0.4 is 0 Å². The predicted molar refractivity (Wildman–Crippen MR) is 223 cm³/mol. The van der Waals surface area contributed by atoms with E-state index in [4.69, 9.17) is 0 Å². The van der Waals surface area contributed by atoms with Crippen LogP contribution in [0.5, 0.6) is 0 Å². The molecular weight excluding hydrogens is 643 g/mol.